The molecule has 0 radical (unpaired) electrons. The van der Waals surface area contributed by atoms with Gasteiger partial charge in [0.25, 0.3) is 17.5 Å². The third-order valence-corrected chi connectivity index (χ3v) is 5.94. The van der Waals surface area contributed by atoms with E-state index in [1.807, 2.05) is 6.92 Å². The number of hydrogen-bond donors (Lipinski definition) is 1. The highest BCUT2D eigenvalue weighted by Crippen LogP contribution is 2.38. The van der Waals surface area contributed by atoms with Crippen molar-refractivity contribution in [2.45, 2.75) is 44.8 Å². The van der Waals surface area contributed by atoms with E-state index in [0.717, 1.165) is 24.2 Å². The summed E-state index contributed by atoms with van der Waals surface area (Å²) in [4.78, 5) is 48.6. The number of nitro groups is 1. The number of urea groups is 1. The molecule has 3 amide bonds. The fourth-order valence-electron chi connectivity index (χ4n) is 4.11. The molecule has 168 valence electrons. The molecule has 1 saturated carbocycles. The Labute approximate surface area is 182 Å². The molecule has 12 nitrogen and oxygen atoms in total. The van der Waals surface area contributed by atoms with Crippen LogP contribution in [0.5, 0.6) is 0 Å². The molecule has 0 unspecified atom stereocenters. The molecule has 12 heteroatoms. The minimum absolute atomic E-state index is 0.00118. The molecule has 2 fully saturated rings. The van der Waals surface area contributed by atoms with Gasteiger partial charge in [0.05, 0.1) is 4.92 Å². The maximum absolute atomic E-state index is 12.9. The largest absolute Gasteiger partial charge is 0.454 e. The number of carbonyl (C=O) groups is 3. The fraction of sp³-hybridized carbons (Fsp3) is 0.450. The number of nitrogens with zero attached hydrogens (tertiary/aromatic N) is 4. The third-order valence-electron chi connectivity index (χ3n) is 5.94. The maximum Gasteiger partial charge on any atom is 0.326 e. The van der Waals surface area contributed by atoms with Gasteiger partial charge in [-0.15, -0.1) is 10.2 Å². The first-order valence-electron chi connectivity index (χ1n) is 10.2. The van der Waals surface area contributed by atoms with Crippen LogP contribution in [0.3, 0.4) is 0 Å². The number of carbonyl (C=O) groups excluding carboxylic acids is 3. The van der Waals surface area contributed by atoms with Crippen molar-refractivity contribution >= 4 is 23.6 Å². The van der Waals surface area contributed by atoms with Crippen LogP contribution in [0.1, 0.15) is 38.5 Å². The lowest BCUT2D eigenvalue weighted by atomic mass is 9.73. The molecule has 2 aromatic rings. The number of rotatable bonds is 6. The number of nitro benzene ring substituents is 1. The Hall–Kier alpha value is -3.83. The van der Waals surface area contributed by atoms with Gasteiger partial charge in [-0.25, -0.2) is 4.79 Å². The third kappa shape index (κ3) is 3.90. The average Bonchev–Trinajstić information content (AvgIpc) is 3.34. The first kappa shape index (κ1) is 21.4. The zero-order valence-corrected chi connectivity index (χ0v) is 17.3. The van der Waals surface area contributed by atoms with Crippen molar-refractivity contribution in [1.82, 2.24) is 20.4 Å². The molecule has 2 aliphatic rings. The number of nitrogens with one attached hydrogen (secondary N) is 1. The Balaban J connectivity index is 1.34. The Kier molecular flexibility index (Phi) is 5.59. The zero-order valence-electron chi connectivity index (χ0n) is 17.3. The van der Waals surface area contributed by atoms with Crippen LogP contribution in [0, 0.1) is 16.0 Å². The molecule has 1 saturated heterocycles. The summed E-state index contributed by atoms with van der Waals surface area (Å²) in [7, 11) is 0. The van der Waals surface area contributed by atoms with Crippen molar-refractivity contribution < 1.29 is 28.5 Å². The van der Waals surface area contributed by atoms with E-state index < -0.39 is 34.9 Å². The molecule has 1 aromatic heterocycles. The summed E-state index contributed by atoms with van der Waals surface area (Å²) in [6.45, 7) is 1.07. The van der Waals surface area contributed by atoms with Crippen LogP contribution in [-0.2, 0) is 20.9 Å². The van der Waals surface area contributed by atoms with E-state index in [-0.39, 0.29) is 30.0 Å². The van der Waals surface area contributed by atoms with Gasteiger partial charge in [-0.05, 0) is 30.9 Å². The predicted octanol–water partition coefficient (Wildman–Crippen LogP) is 2.19. The van der Waals surface area contributed by atoms with Crippen LogP contribution >= 0.6 is 0 Å². The highest BCUT2D eigenvalue weighted by Gasteiger charge is 2.55. The summed E-state index contributed by atoms with van der Waals surface area (Å²) in [5.74, 6) is -1.09. The maximum atomic E-state index is 12.9. The van der Waals surface area contributed by atoms with Gasteiger partial charge in [-0.1, -0.05) is 19.8 Å². The number of esters is 1. The Morgan fingerprint density at radius 1 is 1.31 bits per heavy atom. The number of non-ortho nitro benzene ring substituents is 1. The second-order valence-electron chi connectivity index (χ2n) is 7.91. The van der Waals surface area contributed by atoms with Gasteiger partial charge in [0.1, 0.15) is 12.1 Å². The smallest absolute Gasteiger partial charge is 0.326 e. The fourth-order valence-corrected chi connectivity index (χ4v) is 4.11. The van der Waals surface area contributed by atoms with Crippen LogP contribution < -0.4 is 5.32 Å². The first-order valence-corrected chi connectivity index (χ1v) is 10.2. The van der Waals surface area contributed by atoms with Crippen molar-refractivity contribution in [3.05, 3.63) is 40.3 Å². The van der Waals surface area contributed by atoms with E-state index in [1.54, 1.807) is 0 Å². The standard InChI is InChI=1S/C20H21N5O7/c1-12-4-2-3-9-20(12)18(27)24(19(28)21-20)10-16(26)31-11-15-22-23-17(32-15)13-5-7-14(8-6-13)25(29)30/h5-8,12H,2-4,9-11H2,1H3,(H,21,28)/t12-,20+/m1/s1. The summed E-state index contributed by atoms with van der Waals surface area (Å²) in [6, 6.07) is 4.93. The van der Waals surface area contributed by atoms with Gasteiger partial charge in [0.15, 0.2) is 6.61 Å². The highest BCUT2D eigenvalue weighted by molar-refractivity contribution is 6.08. The lowest BCUT2D eigenvalue weighted by Crippen LogP contribution is -2.54. The molecule has 1 aliphatic heterocycles. The van der Waals surface area contributed by atoms with E-state index in [4.69, 9.17) is 9.15 Å². The summed E-state index contributed by atoms with van der Waals surface area (Å²) in [6.07, 6.45) is 3.22. The molecular formula is C20H21N5O7. The van der Waals surface area contributed by atoms with E-state index in [0.29, 0.717) is 12.0 Å². The summed E-state index contributed by atoms with van der Waals surface area (Å²) < 4.78 is 10.5. The number of aromatic nitrogens is 2. The molecule has 2 atom stereocenters. The van der Waals surface area contributed by atoms with Crippen molar-refractivity contribution in [3.8, 4) is 11.5 Å². The van der Waals surface area contributed by atoms with Crippen LogP contribution in [0.4, 0.5) is 10.5 Å². The van der Waals surface area contributed by atoms with Crippen molar-refractivity contribution in [3.63, 3.8) is 0 Å². The number of hydrogen-bond acceptors (Lipinski definition) is 9. The van der Waals surface area contributed by atoms with Gasteiger partial charge in [-0.2, -0.15) is 0 Å². The topological polar surface area (TPSA) is 158 Å². The van der Waals surface area contributed by atoms with Crippen molar-refractivity contribution in [2.24, 2.45) is 5.92 Å². The Morgan fingerprint density at radius 2 is 2.06 bits per heavy atom. The lowest BCUT2D eigenvalue weighted by molar-refractivity contribution is -0.384. The van der Waals surface area contributed by atoms with Crippen LogP contribution in [-0.4, -0.2) is 50.0 Å². The minimum Gasteiger partial charge on any atom is -0.454 e. The number of imide groups is 1. The van der Waals surface area contributed by atoms with E-state index in [2.05, 4.69) is 15.5 Å². The normalized spacial score (nSPS) is 22.8. The van der Waals surface area contributed by atoms with Gasteiger partial charge in [0.2, 0.25) is 5.89 Å². The molecule has 32 heavy (non-hydrogen) atoms. The highest BCUT2D eigenvalue weighted by atomic mass is 16.6. The summed E-state index contributed by atoms with van der Waals surface area (Å²) in [5.41, 5.74) is -0.555. The summed E-state index contributed by atoms with van der Waals surface area (Å²) >= 11 is 0. The second kappa shape index (κ2) is 8.36. The molecule has 0 bridgehead atoms. The second-order valence-corrected chi connectivity index (χ2v) is 7.91. The van der Waals surface area contributed by atoms with Crippen LogP contribution in [0.15, 0.2) is 28.7 Å². The molecule has 1 N–H and O–H groups in total. The average molecular weight is 443 g/mol. The van der Waals surface area contributed by atoms with Crippen molar-refractivity contribution in [2.75, 3.05) is 6.54 Å². The molecule has 2 heterocycles. The molecule has 1 aliphatic carbocycles. The van der Waals surface area contributed by atoms with Gasteiger partial charge < -0.3 is 14.5 Å². The van der Waals surface area contributed by atoms with E-state index in [9.17, 15) is 24.5 Å². The predicted molar refractivity (Wildman–Crippen MR) is 107 cm³/mol. The monoisotopic (exact) mass is 443 g/mol. The zero-order chi connectivity index (χ0) is 22.9. The number of benzene rings is 1. The Bertz CT molecular complexity index is 1070. The molecule has 1 spiro atoms. The van der Waals surface area contributed by atoms with Crippen molar-refractivity contribution in [1.29, 1.82) is 0 Å². The molecule has 4 rings (SSSR count). The minimum atomic E-state index is -0.943. The number of ether oxygens (including phenoxy) is 1. The lowest BCUT2D eigenvalue weighted by Gasteiger charge is -2.36. The van der Waals surface area contributed by atoms with E-state index in [1.165, 1.54) is 24.3 Å². The SMILES string of the molecule is C[C@@H]1CCCC[C@]12NC(=O)N(CC(=O)OCc1nnc(-c3ccc([N+](=O)[O-])cc3)o1)C2=O. The molecular weight excluding hydrogens is 422 g/mol. The molecule has 1 aromatic carbocycles. The quantitative estimate of drug-likeness (QED) is 0.306. The van der Waals surface area contributed by atoms with Crippen LogP contribution in [0.25, 0.3) is 11.5 Å². The Morgan fingerprint density at radius 3 is 2.75 bits per heavy atom. The van der Waals surface area contributed by atoms with Crippen LogP contribution in [0.2, 0.25) is 0 Å². The first-order chi connectivity index (χ1) is 15.3. The van der Waals surface area contributed by atoms with Gasteiger partial charge >= 0.3 is 12.0 Å². The van der Waals surface area contributed by atoms with Gasteiger partial charge in [-0.3, -0.25) is 24.6 Å². The van der Waals surface area contributed by atoms with Gasteiger partial charge in [0, 0.05) is 17.7 Å². The number of amides is 3. The summed E-state index contributed by atoms with van der Waals surface area (Å²) in [5, 5.41) is 21.1. The van der Waals surface area contributed by atoms with E-state index >= 15 is 0 Å².